The van der Waals surface area contributed by atoms with Crippen molar-refractivity contribution < 1.29 is 9.18 Å². The van der Waals surface area contributed by atoms with Crippen molar-refractivity contribution in [2.75, 3.05) is 0 Å². The molecule has 2 aliphatic rings. The highest BCUT2D eigenvalue weighted by Crippen LogP contribution is 2.44. The summed E-state index contributed by atoms with van der Waals surface area (Å²) in [5.74, 6) is 0.202. The fourth-order valence-electron chi connectivity index (χ4n) is 3.36. The summed E-state index contributed by atoms with van der Waals surface area (Å²) in [5.41, 5.74) is 1.37. The van der Waals surface area contributed by atoms with Crippen LogP contribution >= 0.6 is 11.8 Å². The molecule has 1 unspecified atom stereocenters. The molecule has 0 radical (unpaired) electrons. The predicted molar refractivity (Wildman–Crippen MR) is 110 cm³/mol. The van der Waals surface area contributed by atoms with Crippen LogP contribution < -0.4 is 5.32 Å². The number of hydrogen-bond donors (Lipinski definition) is 1. The summed E-state index contributed by atoms with van der Waals surface area (Å²) in [4.78, 5) is 13.0. The van der Waals surface area contributed by atoms with Crippen LogP contribution in [-0.4, -0.2) is 26.7 Å². The smallest absolute Gasteiger partial charge is 0.238 e. The molecule has 2 saturated carbocycles. The molecule has 0 saturated heterocycles. The van der Waals surface area contributed by atoms with Crippen LogP contribution in [0.3, 0.4) is 0 Å². The molecule has 2 aliphatic carbocycles. The van der Waals surface area contributed by atoms with Gasteiger partial charge in [-0.15, -0.1) is 10.2 Å². The average molecular weight is 409 g/mol. The van der Waals surface area contributed by atoms with Gasteiger partial charge in [0.25, 0.3) is 0 Å². The summed E-state index contributed by atoms with van der Waals surface area (Å²) in [7, 11) is 0. The Balaban J connectivity index is 1.50. The summed E-state index contributed by atoms with van der Waals surface area (Å²) in [6.07, 6.45) is 4.09. The lowest BCUT2D eigenvalue weighted by Crippen LogP contribution is -2.30. The van der Waals surface area contributed by atoms with E-state index < -0.39 is 5.25 Å². The van der Waals surface area contributed by atoms with Crippen LogP contribution in [-0.2, 0) is 4.79 Å². The molecule has 2 fully saturated rings. The molecular weight excluding hydrogens is 387 g/mol. The lowest BCUT2D eigenvalue weighted by Gasteiger charge is -2.17. The third kappa shape index (κ3) is 3.92. The van der Waals surface area contributed by atoms with Crippen molar-refractivity contribution in [3.63, 3.8) is 0 Å². The fourth-order valence-corrected chi connectivity index (χ4v) is 4.47. The van der Waals surface area contributed by atoms with Crippen LogP contribution in [0.25, 0.3) is 11.4 Å². The van der Waals surface area contributed by atoms with Crippen molar-refractivity contribution in [1.29, 1.82) is 0 Å². The lowest BCUT2D eigenvalue weighted by molar-refractivity contribution is -0.120. The van der Waals surface area contributed by atoms with Gasteiger partial charge in [0.05, 0.1) is 5.56 Å². The van der Waals surface area contributed by atoms with Crippen LogP contribution in [0.4, 0.5) is 4.39 Å². The molecule has 1 amide bonds. The van der Waals surface area contributed by atoms with Crippen molar-refractivity contribution >= 4 is 17.7 Å². The van der Waals surface area contributed by atoms with E-state index in [-0.39, 0.29) is 23.8 Å². The van der Waals surface area contributed by atoms with Gasteiger partial charge < -0.3 is 5.32 Å². The van der Waals surface area contributed by atoms with Crippen LogP contribution in [0.5, 0.6) is 0 Å². The Morgan fingerprint density at radius 1 is 1.03 bits per heavy atom. The maximum absolute atomic E-state index is 14.4. The predicted octanol–water partition coefficient (Wildman–Crippen LogP) is 4.53. The number of carbonyl (C=O) groups is 1. The highest BCUT2D eigenvalue weighted by Gasteiger charge is 2.34. The summed E-state index contributed by atoms with van der Waals surface area (Å²) in [5, 5.41) is 12.0. The number of hydrogen-bond acceptors (Lipinski definition) is 4. The number of nitrogens with one attached hydrogen (secondary N) is 1. The minimum atomic E-state index is -0.424. The summed E-state index contributed by atoms with van der Waals surface area (Å²) < 4.78 is 16.4. The van der Waals surface area contributed by atoms with E-state index in [0.717, 1.165) is 31.2 Å². The van der Waals surface area contributed by atoms with Gasteiger partial charge >= 0.3 is 0 Å². The maximum atomic E-state index is 14.4. The number of aromatic nitrogens is 3. The highest BCUT2D eigenvalue weighted by atomic mass is 32.2. The minimum Gasteiger partial charge on any atom is -0.352 e. The summed E-state index contributed by atoms with van der Waals surface area (Å²) >= 11 is 1.39. The Morgan fingerprint density at radius 2 is 1.76 bits per heavy atom. The van der Waals surface area contributed by atoms with Crippen molar-refractivity contribution in [3.05, 3.63) is 66.0 Å². The van der Waals surface area contributed by atoms with Crippen LogP contribution in [0.2, 0.25) is 0 Å². The van der Waals surface area contributed by atoms with E-state index in [1.165, 1.54) is 17.8 Å². The standard InChI is InChI=1S/C22H21FN4OS/c23-18-9-5-4-8-17(18)20-25-26-22(27(20)16-12-13-16)29-19(14-6-2-1-3-7-14)21(28)24-15-10-11-15/h1-9,15-16,19H,10-13H2,(H,24,28). The first kappa shape index (κ1) is 18.4. The van der Waals surface area contributed by atoms with Crippen LogP contribution in [0, 0.1) is 5.82 Å². The van der Waals surface area contributed by atoms with Gasteiger partial charge in [-0.2, -0.15) is 0 Å². The van der Waals surface area contributed by atoms with E-state index in [4.69, 9.17) is 0 Å². The van der Waals surface area contributed by atoms with E-state index in [1.807, 2.05) is 34.9 Å². The molecule has 29 heavy (non-hydrogen) atoms. The SMILES string of the molecule is O=C(NC1CC1)C(Sc1nnc(-c2ccccc2F)n1C1CC1)c1ccccc1. The molecule has 1 N–H and O–H groups in total. The van der Waals surface area contributed by atoms with Gasteiger partial charge in [0.2, 0.25) is 5.91 Å². The molecule has 0 spiro atoms. The van der Waals surface area contributed by atoms with Gasteiger partial charge in [0, 0.05) is 12.1 Å². The highest BCUT2D eigenvalue weighted by molar-refractivity contribution is 8.00. The zero-order valence-corrected chi connectivity index (χ0v) is 16.6. The number of rotatable bonds is 7. The molecule has 5 nitrogen and oxygen atoms in total. The van der Waals surface area contributed by atoms with E-state index in [0.29, 0.717) is 16.5 Å². The molecular formula is C22H21FN4OS. The van der Waals surface area contributed by atoms with E-state index in [9.17, 15) is 9.18 Å². The molecule has 7 heteroatoms. The fraction of sp³-hybridized carbons (Fsp3) is 0.318. The van der Waals surface area contributed by atoms with Crippen molar-refractivity contribution in [1.82, 2.24) is 20.1 Å². The van der Waals surface area contributed by atoms with E-state index in [1.54, 1.807) is 18.2 Å². The maximum Gasteiger partial charge on any atom is 0.238 e. The first-order valence-corrected chi connectivity index (χ1v) is 10.8. The second-order valence-corrected chi connectivity index (χ2v) is 8.65. The molecule has 1 heterocycles. The van der Waals surface area contributed by atoms with Gasteiger partial charge in [-0.3, -0.25) is 9.36 Å². The molecule has 1 aromatic heterocycles. The molecule has 1 atom stereocenters. The molecule has 0 bridgehead atoms. The van der Waals surface area contributed by atoms with Gasteiger partial charge in [-0.1, -0.05) is 54.2 Å². The van der Waals surface area contributed by atoms with Gasteiger partial charge in [0.1, 0.15) is 11.1 Å². The quantitative estimate of drug-likeness (QED) is 0.584. The van der Waals surface area contributed by atoms with E-state index in [2.05, 4.69) is 15.5 Å². The van der Waals surface area contributed by atoms with Crippen molar-refractivity contribution in [3.8, 4) is 11.4 Å². The second kappa shape index (κ2) is 7.63. The Labute approximate surface area is 172 Å². The number of amides is 1. The second-order valence-electron chi connectivity index (χ2n) is 7.58. The third-order valence-electron chi connectivity index (χ3n) is 5.18. The normalized spacial score (nSPS) is 17.1. The molecule has 3 aromatic rings. The molecule has 5 rings (SSSR count). The third-order valence-corrected chi connectivity index (χ3v) is 6.39. The zero-order valence-electron chi connectivity index (χ0n) is 15.8. The Bertz CT molecular complexity index is 1030. The molecule has 2 aromatic carbocycles. The molecule has 148 valence electrons. The average Bonchev–Trinajstić information content (AvgIpc) is 3.67. The number of benzene rings is 2. The zero-order chi connectivity index (χ0) is 19.8. The number of thioether (sulfide) groups is 1. The van der Waals surface area contributed by atoms with Crippen LogP contribution in [0.15, 0.2) is 59.8 Å². The van der Waals surface area contributed by atoms with Crippen molar-refractivity contribution in [2.24, 2.45) is 0 Å². The van der Waals surface area contributed by atoms with Crippen molar-refractivity contribution in [2.45, 2.75) is 48.2 Å². The Morgan fingerprint density at radius 3 is 2.45 bits per heavy atom. The Kier molecular flexibility index (Phi) is 4.83. The monoisotopic (exact) mass is 408 g/mol. The van der Waals surface area contributed by atoms with Gasteiger partial charge in [-0.05, 0) is 43.4 Å². The lowest BCUT2D eigenvalue weighted by atomic mass is 10.1. The number of carbonyl (C=O) groups excluding carboxylic acids is 1. The van der Waals surface area contributed by atoms with E-state index >= 15 is 0 Å². The van der Waals surface area contributed by atoms with Gasteiger partial charge in [0.15, 0.2) is 11.0 Å². The largest absolute Gasteiger partial charge is 0.352 e. The molecule has 0 aliphatic heterocycles. The van der Waals surface area contributed by atoms with Gasteiger partial charge in [-0.25, -0.2) is 4.39 Å². The summed E-state index contributed by atoms with van der Waals surface area (Å²) in [6.45, 7) is 0. The topological polar surface area (TPSA) is 59.8 Å². The number of nitrogens with zero attached hydrogens (tertiary/aromatic N) is 3. The Hall–Kier alpha value is -2.67. The van der Waals surface area contributed by atoms with Crippen LogP contribution in [0.1, 0.15) is 42.5 Å². The first-order chi connectivity index (χ1) is 14.2. The minimum absolute atomic E-state index is 0.0125. The summed E-state index contributed by atoms with van der Waals surface area (Å²) in [6, 6.07) is 16.9. The number of halogens is 1. The first-order valence-electron chi connectivity index (χ1n) is 9.92.